The molecule has 4 nitrogen and oxygen atoms in total. The zero-order chi connectivity index (χ0) is 20.3. The Bertz CT molecular complexity index is 922. The molecule has 0 spiro atoms. The maximum absolute atomic E-state index is 10.9. The Morgan fingerprint density at radius 2 is 1.48 bits per heavy atom. The van der Waals surface area contributed by atoms with Crippen molar-refractivity contribution >= 4 is 17.3 Å². The molecule has 0 saturated carbocycles. The van der Waals surface area contributed by atoms with Crippen LogP contribution in [0.4, 0.5) is 5.69 Å². The molecule has 0 N–H and O–H groups in total. The number of hydrogen-bond acceptors (Lipinski definition) is 3. The summed E-state index contributed by atoms with van der Waals surface area (Å²) >= 11 is 6.80. The number of nitrogens with zero attached hydrogens (tertiary/aromatic N) is 2. The molecule has 4 rings (SSSR count). The van der Waals surface area contributed by atoms with Crippen molar-refractivity contribution < 1.29 is 4.92 Å². The zero-order valence-corrected chi connectivity index (χ0v) is 16.8. The first-order chi connectivity index (χ1) is 14.1. The molecule has 1 aliphatic heterocycles. The second-order valence-electron chi connectivity index (χ2n) is 7.71. The molecule has 0 aromatic heterocycles. The van der Waals surface area contributed by atoms with E-state index in [0.717, 1.165) is 25.1 Å². The Hall–Kier alpha value is -2.69. The fourth-order valence-corrected chi connectivity index (χ4v) is 4.89. The van der Waals surface area contributed by atoms with Gasteiger partial charge in [-0.15, -0.1) is 11.6 Å². The quantitative estimate of drug-likeness (QED) is 0.324. The number of alkyl halides is 1. The summed E-state index contributed by atoms with van der Waals surface area (Å²) in [6, 6.07) is 28.0. The van der Waals surface area contributed by atoms with E-state index in [1.54, 1.807) is 12.1 Å². The number of nitro benzene ring substituents is 1. The smallest absolute Gasteiger partial charge is 0.269 e. The number of likely N-dealkylation sites (tertiary alicyclic amines) is 1. The van der Waals surface area contributed by atoms with E-state index in [4.69, 9.17) is 11.6 Å². The predicted molar refractivity (Wildman–Crippen MR) is 116 cm³/mol. The first-order valence-electron chi connectivity index (χ1n) is 9.78. The van der Waals surface area contributed by atoms with Crippen molar-refractivity contribution in [2.24, 2.45) is 0 Å². The summed E-state index contributed by atoms with van der Waals surface area (Å²) in [6.07, 6.45) is 0.874. The van der Waals surface area contributed by atoms with Gasteiger partial charge >= 0.3 is 0 Å². The Kier molecular flexibility index (Phi) is 5.65. The maximum atomic E-state index is 10.9. The van der Waals surface area contributed by atoms with Crippen LogP contribution in [-0.4, -0.2) is 28.3 Å². The molecule has 0 aliphatic carbocycles. The van der Waals surface area contributed by atoms with Crippen LogP contribution in [0.15, 0.2) is 84.9 Å². The Labute approximate surface area is 175 Å². The van der Waals surface area contributed by atoms with Crippen LogP contribution in [-0.2, 0) is 12.0 Å². The van der Waals surface area contributed by atoms with Crippen molar-refractivity contribution in [3.63, 3.8) is 0 Å². The summed E-state index contributed by atoms with van der Waals surface area (Å²) in [5.41, 5.74) is 3.52. The Morgan fingerprint density at radius 1 is 0.931 bits per heavy atom. The van der Waals surface area contributed by atoms with E-state index in [1.165, 1.54) is 11.1 Å². The second kappa shape index (κ2) is 8.36. The summed E-state index contributed by atoms with van der Waals surface area (Å²) in [7, 11) is 0. The van der Waals surface area contributed by atoms with Crippen LogP contribution in [0.2, 0.25) is 0 Å². The zero-order valence-electron chi connectivity index (χ0n) is 16.1. The fraction of sp³-hybridized carbons (Fsp3) is 0.250. The number of benzene rings is 3. The molecular formula is C24H23ClN2O2. The van der Waals surface area contributed by atoms with Gasteiger partial charge < -0.3 is 0 Å². The lowest BCUT2D eigenvalue weighted by molar-refractivity contribution is -0.384. The van der Waals surface area contributed by atoms with Gasteiger partial charge in [0.25, 0.3) is 5.69 Å². The van der Waals surface area contributed by atoms with Gasteiger partial charge in [-0.3, -0.25) is 15.0 Å². The van der Waals surface area contributed by atoms with E-state index in [1.807, 2.05) is 24.3 Å². The third-order valence-corrected chi connectivity index (χ3v) is 6.02. The minimum absolute atomic E-state index is 0.0159. The lowest BCUT2D eigenvalue weighted by atomic mass is 9.69. The topological polar surface area (TPSA) is 46.4 Å². The molecule has 1 fully saturated rings. The maximum Gasteiger partial charge on any atom is 0.269 e. The normalized spacial score (nSPS) is 19.0. The molecule has 1 aliphatic rings. The van der Waals surface area contributed by atoms with Crippen LogP contribution in [0, 0.1) is 10.1 Å². The summed E-state index contributed by atoms with van der Waals surface area (Å²) in [4.78, 5) is 12.9. The molecule has 1 saturated heterocycles. The van der Waals surface area contributed by atoms with Gasteiger partial charge in [0.1, 0.15) is 0 Å². The van der Waals surface area contributed by atoms with Crippen molar-refractivity contribution in [3.05, 3.63) is 112 Å². The van der Waals surface area contributed by atoms with Crippen molar-refractivity contribution in [1.82, 2.24) is 4.90 Å². The van der Waals surface area contributed by atoms with Crippen LogP contribution < -0.4 is 0 Å². The van der Waals surface area contributed by atoms with E-state index in [2.05, 4.69) is 53.4 Å². The van der Waals surface area contributed by atoms with Gasteiger partial charge in [-0.05, 0) is 23.1 Å². The summed E-state index contributed by atoms with van der Waals surface area (Å²) in [5.74, 6) is 0. The van der Waals surface area contributed by atoms with E-state index in [-0.39, 0.29) is 21.4 Å². The molecule has 3 aromatic carbocycles. The third kappa shape index (κ3) is 4.19. The predicted octanol–water partition coefficient (Wildman–Crippen LogP) is 5.39. The summed E-state index contributed by atoms with van der Waals surface area (Å²) < 4.78 is 0. The van der Waals surface area contributed by atoms with Gasteiger partial charge in [0.2, 0.25) is 0 Å². The van der Waals surface area contributed by atoms with Gasteiger partial charge in [-0.2, -0.15) is 0 Å². The third-order valence-electron chi connectivity index (χ3n) is 5.73. The highest BCUT2D eigenvalue weighted by Crippen LogP contribution is 2.42. The lowest BCUT2D eigenvalue weighted by Crippen LogP contribution is -2.50. The molecule has 0 amide bonds. The van der Waals surface area contributed by atoms with Crippen molar-refractivity contribution in [1.29, 1.82) is 0 Å². The molecule has 148 valence electrons. The second-order valence-corrected chi connectivity index (χ2v) is 8.33. The average molecular weight is 407 g/mol. The summed E-state index contributed by atoms with van der Waals surface area (Å²) in [5, 5.41) is 10.9. The van der Waals surface area contributed by atoms with Crippen LogP contribution >= 0.6 is 11.6 Å². The number of nitro groups is 1. The Balaban J connectivity index is 1.67. The molecule has 0 bridgehead atoms. The van der Waals surface area contributed by atoms with E-state index < -0.39 is 0 Å². The minimum atomic E-state index is -0.366. The molecule has 3 aromatic rings. The highest BCUT2D eigenvalue weighted by Gasteiger charge is 2.41. The number of piperidine rings is 1. The molecule has 1 atom stereocenters. The van der Waals surface area contributed by atoms with Crippen LogP contribution in [0.25, 0.3) is 0 Å². The van der Waals surface area contributed by atoms with Crippen LogP contribution in [0.3, 0.4) is 0 Å². The van der Waals surface area contributed by atoms with Crippen LogP contribution in [0.5, 0.6) is 0 Å². The molecule has 1 heterocycles. The number of rotatable bonds is 5. The minimum Gasteiger partial charge on any atom is -0.296 e. The SMILES string of the molecule is O=[N+]([O-])c1ccc(CN2CC(Cl)CC(c3ccccc3)(c3ccccc3)C2)cc1. The average Bonchev–Trinajstić information content (AvgIpc) is 2.75. The number of halogens is 1. The molecule has 29 heavy (non-hydrogen) atoms. The van der Waals surface area contributed by atoms with Gasteiger partial charge in [0.05, 0.1) is 4.92 Å². The van der Waals surface area contributed by atoms with Gasteiger partial charge in [0.15, 0.2) is 0 Å². The monoisotopic (exact) mass is 406 g/mol. The van der Waals surface area contributed by atoms with Gasteiger partial charge in [-0.1, -0.05) is 72.8 Å². The van der Waals surface area contributed by atoms with Crippen molar-refractivity contribution in [2.45, 2.75) is 23.8 Å². The largest absolute Gasteiger partial charge is 0.296 e. The number of non-ortho nitro benzene ring substituents is 1. The highest BCUT2D eigenvalue weighted by atomic mass is 35.5. The van der Waals surface area contributed by atoms with Crippen molar-refractivity contribution in [2.75, 3.05) is 13.1 Å². The standard InChI is InChI=1S/C24H23ClN2O2/c25-22-15-24(20-7-3-1-4-8-20,21-9-5-2-6-10-21)18-26(17-22)16-19-11-13-23(14-12-19)27(28)29/h1-14,22H,15-18H2. The van der Waals surface area contributed by atoms with Crippen molar-refractivity contribution in [3.8, 4) is 0 Å². The molecule has 1 unspecified atom stereocenters. The van der Waals surface area contributed by atoms with E-state index in [9.17, 15) is 10.1 Å². The first-order valence-corrected chi connectivity index (χ1v) is 10.2. The van der Waals surface area contributed by atoms with Crippen LogP contribution in [0.1, 0.15) is 23.1 Å². The van der Waals surface area contributed by atoms with E-state index >= 15 is 0 Å². The molecular weight excluding hydrogens is 384 g/mol. The number of hydrogen-bond donors (Lipinski definition) is 0. The lowest BCUT2D eigenvalue weighted by Gasteiger charge is -2.46. The van der Waals surface area contributed by atoms with Gasteiger partial charge in [-0.25, -0.2) is 0 Å². The van der Waals surface area contributed by atoms with Gasteiger partial charge in [0, 0.05) is 42.6 Å². The first kappa shape index (κ1) is 19.6. The summed E-state index contributed by atoms with van der Waals surface area (Å²) in [6.45, 7) is 2.35. The molecule has 5 heteroatoms. The highest BCUT2D eigenvalue weighted by molar-refractivity contribution is 6.21. The fourth-order valence-electron chi connectivity index (χ4n) is 4.43. The Morgan fingerprint density at radius 3 is 2.00 bits per heavy atom. The molecule has 0 radical (unpaired) electrons. The van der Waals surface area contributed by atoms with E-state index in [0.29, 0.717) is 6.54 Å².